The van der Waals surface area contributed by atoms with Gasteiger partial charge in [-0.15, -0.1) is 11.3 Å². The van der Waals surface area contributed by atoms with E-state index in [1.807, 2.05) is 5.38 Å². The molecule has 2 aliphatic heterocycles. The highest BCUT2D eigenvalue weighted by Gasteiger charge is 2.55. The van der Waals surface area contributed by atoms with Gasteiger partial charge in [-0.25, -0.2) is 4.98 Å². The summed E-state index contributed by atoms with van der Waals surface area (Å²) < 4.78 is 5.62. The van der Waals surface area contributed by atoms with Crippen molar-refractivity contribution in [2.75, 3.05) is 5.32 Å². The number of carboxylic acid groups (broad SMARTS) is 1. The second-order valence-electron chi connectivity index (χ2n) is 6.96. The van der Waals surface area contributed by atoms with Crippen molar-refractivity contribution in [1.82, 2.24) is 4.98 Å². The van der Waals surface area contributed by atoms with E-state index >= 15 is 0 Å². The van der Waals surface area contributed by atoms with E-state index in [1.54, 1.807) is 0 Å². The Morgan fingerprint density at radius 2 is 1.95 bits per heavy atom. The van der Waals surface area contributed by atoms with Crippen molar-refractivity contribution in [2.45, 2.75) is 51.2 Å². The van der Waals surface area contributed by atoms with Gasteiger partial charge in [-0.2, -0.15) is 0 Å². The van der Waals surface area contributed by atoms with Crippen molar-refractivity contribution in [1.29, 1.82) is 0 Å². The highest BCUT2D eigenvalue weighted by atomic mass is 32.1. The molecule has 3 rings (SSSR count). The Morgan fingerprint density at radius 3 is 2.50 bits per heavy atom. The number of carboxylic acids is 1. The molecule has 6 nitrogen and oxygen atoms in total. The number of rotatable bonds is 3. The maximum Gasteiger partial charge on any atom is 0.310 e. The summed E-state index contributed by atoms with van der Waals surface area (Å²) in [7, 11) is 0. The quantitative estimate of drug-likeness (QED) is 0.890. The first-order chi connectivity index (χ1) is 10.3. The van der Waals surface area contributed by atoms with E-state index in [-0.39, 0.29) is 23.5 Å². The zero-order valence-corrected chi connectivity index (χ0v) is 13.6. The minimum absolute atomic E-state index is 0.0847. The molecule has 0 radical (unpaired) electrons. The summed E-state index contributed by atoms with van der Waals surface area (Å²) >= 11 is 1.36. The van der Waals surface area contributed by atoms with Crippen LogP contribution in [-0.2, 0) is 19.7 Å². The second-order valence-corrected chi connectivity index (χ2v) is 7.82. The van der Waals surface area contributed by atoms with Gasteiger partial charge in [0.15, 0.2) is 5.13 Å². The fraction of sp³-hybridized carbons (Fsp3) is 0.667. The van der Waals surface area contributed by atoms with E-state index in [2.05, 4.69) is 31.1 Å². The zero-order valence-electron chi connectivity index (χ0n) is 12.8. The van der Waals surface area contributed by atoms with Gasteiger partial charge < -0.3 is 15.2 Å². The number of thiazole rings is 1. The van der Waals surface area contributed by atoms with Crippen LogP contribution in [0.2, 0.25) is 0 Å². The maximum atomic E-state index is 12.5. The summed E-state index contributed by atoms with van der Waals surface area (Å²) in [5.74, 6) is -2.63. The molecule has 7 heteroatoms. The molecular weight excluding hydrogens is 304 g/mol. The lowest BCUT2D eigenvalue weighted by Crippen LogP contribution is -2.40. The zero-order chi connectivity index (χ0) is 16.1. The van der Waals surface area contributed by atoms with Gasteiger partial charge in [-0.3, -0.25) is 9.59 Å². The van der Waals surface area contributed by atoms with Gasteiger partial charge in [0.2, 0.25) is 5.91 Å². The Labute approximate surface area is 132 Å². The molecule has 1 aromatic rings. The van der Waals surface area contributed by atoms with Crippen LogP contribution < -0.4 is 5.32 Å². The molecule has 0 aliphatic carbocycles. The van der Waals surface area contributed by atoms with Crippen molar-refractivity contribution >= 4 is 28.3 Å². The molecule has 1 aromatic heterocycles. The summed E-state index contributed by atoms with van der Waals surface area (Å²) in [6, 6.07) is 0. The number of hydrogen-bond acceptors (Lipinski definition) is 5. The summed E-state index contributed by atoms with van der Waals surface area (Å²) in [5.41, 5.74) is 0.824. The van der Waals surface area contributed by atoms with Gasteiger partial charge in [-0.05, 0) is 12.8 Å². The van der Waals surface area contributed by atoms with Gasteiger partial charge in [0.25, 0.3) is 0 Å². The van der Waals surface area contributed by atoms with Crippen molar-refractivity contribution in [2.24, 2.45) is 11.8 Å². The lowest BCUT2D eigenvalue weighted by molar-refractivity contribution is -0.147. The predicted octanol–water partition coefficient (Wildman–Crippen LogP) is 2.26. The first-order valence-electron chi connectivity index (χ1n) is 7.42. The fourth-order valence-electron chi connectivity index (χ4n) is 3.19. The third-order valence-electron chi connectivity index (χ3n) is 4.36. The monoisotopic (exact) mass is 324 g/mol. The molecule has 2 fully saturated rings. The number of fused-ring (bicyclic) bond motifs is 2. The largest absolute Gasteiger partial charge is 0.481 e. The lowest BCUT2D eigenvalue weighted by atomic mass is 9.79. The van der Waals surface area contributed by atoms with Crippen molar-refractivity contribution in [3.8, 4) is 0 Å². The molecule has 0 spiro atoms. The molecule has 4 atom stereocenters. The lowest BCUT2D eigenvalue weighted by Gasteiger charge is -2.23. The SMILES string of the molecule is CC(C)(C)c1csc(NC(=O)[C@H]2[C@@H](C(=O)O)[C@@H]3CC[C@H]2O3)n1. The normalized spacial score (nSPS) is 30.5. The predicted molar refractivity (Wildman–Crippen MR) is 82.0 cm³/mol. The second kappa shape index (κ2) is 5.31. The van der Waals surface area contributed by atoms with Gasteiger partial charge in [0.05, 0.1) is 29.7 Å². The van der Waals surface area contributed by atoms with E-state index in [0.717, 1.165) is 18.5 Å². The van der Waals surface area contributed by atoms with Gasteiger partial charge >= 0.3 is 5.97 Å². The molecular formula is C15H20N2O4S. The first kappa shape index (κ1) is 15.4. The third-order valence-corrected chi connectivity index (χ3v) is 5.12. The van der Waals surface area contributed by atoms with E-state index in [1.165, 1.54) is 11.3 Å². The molecule has 0 saturated carbocycles. The van der Waals surface area contributed by atoms with E-state index < -0.39 is 17.8 Å². The maximum absolute atomic E-state index is 12.5. The van der Waals surface area contributed by atoms with Crippen LogP contribution in [0.3, 0.4) is 0 Å². The van der Waals surface area contributed by atoms with Crippen LogP contribution in [0, 0.1) is 11.8 Å². The van der Waals surface area contributed by atoms with Crippen LogP contribution in [0.25, 0.3) is 0 Å². The van der Waals surface area contributed by atoms with Crippen LogP contribution in [0.5, 0.6) is 0 Å². The molecule has 2 aliphatic rings. The van der Waals surface area contributed by atoms with Crippen LogP contribution in [0.1, 0.15) is 39.3 Å². The van der Waals surface area contributed by atoms with E-state index in [0.29, 0.717) is 5.13 Å². The Hall–Kier alpha value is -1.47. The number of carbonyl (C=O) groups is 2. The van der Waals surface area contributed by atoms with Crippen LogP contribution in [0.4, 0.5) is 5.13 Å². The van der Waals surface area contributed by atoms with Gasteiger partial charge in [-0.1, -0.05) is 20.8 Å². The van der Waals surface area contributed by atoms with Crippen molar-refractivity contribution in [3.63, 3.8) is 0 Å². The first-order valence-corrected chi connectivity index (χ1v) is 8.30. The number of nitrogens with zero attached hydrogens (tertiary/aromatic N) is 1. The molecule has 2 N–H and O–H groups in total. The van der Waals surface area contributed by atoms with E-state index in [4.69, 9.17) is 4.74 Å². The number of hydrogen-bond donors (Lipinski definition) is 2. The Kier molecular flexibility index (Phi) is 3.72. The summed E-state index contributed by atoms with van der Waals surface area (Å²) in [6.07, 6.45) is 0.849. The Balaban J connectivity index is 1.74. The Morgan fingerprint density at radius 1 is 1.32 bits per heavy atom. The van der Waals surface area contributed by atoms with Crippen molar-refractivity contribution < 1.29 is 19.4 Å². The molecule has 0 unspecified atom stereocenters. The molecule has 0 aromatic carbocycles. The average molecular weight is 324 g/mol. The standard InChI is InChI=1S/C15H20N2O4S/c1-15(2,3)9-6-22-14(16-9)17-12(18)10-7-4-5-8(21-7)11(10)13(19)20/h6-8,10-11H,4-5H2,1-3H3,(H,19,20)(H,16,17,18)/t7-,8+,10-,11+/m1/s1. The smallest absolute Gasteiger partial charge is 0.310 e. The number of aliphatic carboxylic acids is 1. The average Bonchev–Trinajstić information content (AvgIpc) is 3.11. The van der Waals surface area contributed by atoms with Crippen molar-refractivity contribution in [3.05, 3.63) is 11.1 Å². The molecule has 2 bridgehead atoms. The minimum atomic E-state index is -0.957. The topological polar surface area (TPSA) is 88.5 Å². The highest BCUT2D eigenvalue weighted by Crippen LogP contribution is 2.44. The number of anilines is 1. The highest BCUT2D eigenvalue weighted by molar-refractivity contribution is 7.13. The summed E-state index contributed by atoms with van der Waals surface area (Å²) in [4.78, 5) is 28.3. The van der Waals surface area contributed by atoms with Crippen LogP contribution >= 0.6 is 11.3 Å². The van der Waals surface area contributed by atoms with E-state index in [9.17, 15) is 14.7 Å². The number of ether oxygens (including phenoxy) is 1. The molecule has 2 saturated heterocycles. The third kappa shape index (κ3) is 2.63. The van der Waals surface area contributed by atoms with Gasteiger partial charge in [0, 0.05) is 10.8 Å². The molecule has 3 heterocycles. The molecule has 22 heavy (non-hydrogen) atoms. The number of nitrogens with one attached hydrogen (secondary N) is 1. The molecule has 120 valence electrons. The Bertz CT molecular complexity index is 607. The fourth-order valence-corrected chi connectivity index (χ4v) is 4.13. The summed E-state index contributed by atoms with van der Waals surface area (Å²) in [6.45, 7) is 6.16. The molecule has 1 amide bonds. The number of aromatic nitrogens is 1. The minimum Gasteiger partial charge on any atom is -0.481 e. The summed E-state index contributed by atoms with van der Waals surface area (Å²) in [5, 5.41) is 14.6. The number of carbonyl (C=O) groups excluding carboxylic acids is 1. The van der Waals surface area contributed by atoms with Crippen LogP contribution in [0.15, 0.2) is 5.38 Å². The van der Waals surface area contributed by atoms with Gasteiger partial charge in [0.1, 0.15) is 0 Å². The van der Waals surface area contributed by atoms with Crippen LogP contribution in [-0.4, -0.2) is 34.2 Å². The number of amides is 1.